The fourth-order valence-electron chi connectivity index (χ4n) is 4.03. The number of nitrogens with zero attached hydrogens (tertiary/aromatic N) is 1. The van der Waals surface area contributed by atoms with Crippen molar-refractivity contribution < 1.29 is 13.2 Å². The predicted molar refractivity (Wildman–Crippen MR) is 106 cm³/mol. The maximum Gasteiger partial charge on any atom is 0.240 e. The largest absolute Gasteiger partial charge is 0.343 e. The fraction of sp³-hybridized carbons (Fsp3) is 0.650. The highest BCUT2D eigenvalue weighted by Gasteiger charge is 2.31. The van der Waals surface area contributed by atoms with Crippen LogP contribution in [-0.4, -0.2) is 51.9 Å². The second-order valence-electron chi connectivity index (χ2n) is 8.01. The molecule has 2 saturated heterocycles. The molecule has 2 N–H and O–H groups in total. The molecule has 2 aliphatic rings. The summed E-state index contributed by atoms with van der Waals surface area (Å²) in [5.41, 5.74) is 1.10. The Balaban J connectivity index is 1.48. The number of hydrogen-bond donors (Lipinski definition) is 2. The van der Waals surface area contributed by atoms with Gasteiger partial charge in [0.25, 0.3) is 0 Å². The Labute approximate surface area is 162 Å². The van der Waals surface area contributed by atoms with Gasteiger partial charge in [-0.2, -0.15) is 0 Å². The standard InChI is InChI=1S/C20H31N3O3S/c1-15(2)16-3-5-19(6-4-16)27(25,26)22-10-7-20(24)23-11-8-17-13-21-14-18(17)9-12-23/h3-6,15,17-18,21-22H,7-14H2,1-2H3/t17-,18+. The second-order valence-corrected chi connectivity index (χ2v) is 9.78. The quantitative estimate of drug-likeness (QED) is 0.774. The van der Waals surface area contributed by atoms with E-state index >= 15 is 0 Å². The maximum absolute atomic E-state index is 12.5. The Morgan fingerprint density at radius 2 is 1.74 bits per heavy atom. The molecule has 7 heteroatoms. The highest BCUT2D eigenvalue weighted by atomic mass is 32.2. The number of hydrogen-bond acceptors (Lipinski definition) is 4. The minimum Gasteiger partial charge on any atom is -0.343 e. The van der Waals surface area contributed by atoms with Crippen molar-refractivity contribution in [2.75, 3.05) is 32.7 Å². The van der Waals surface area contributed by atoms with E-state index in [4.69, 9.17) is 0 Å². The van der Waals surface area contributed by atoms with E-state index in [1.807, 2.05) is 17.0 Å². The zero-order valence-corrected chi connectivity index (χ0v) is 17.1. The smallest absolute Gasteiger partial charge is 0.240 e. The summed E-state index contributed by atoms with van der Waals surface area (Å²) in [6.45, 7) is 7.96. The zero-order chi connectivity index (χ0) is 19.4. The highest BCUT2D eigenvalue weighted by molar-refractivity contribution is 7.89. The van der Waals surface area contributed by atoms with Gasteiger partial charge in [0.05, 0.1) is 4.90 Å². The third kappa shape index (κ3) is 5.09. The number of nitrogens with one attached hydrogen (secondary N) is 2. The highest BCUT2D eigenvalue weighted by Crippen LogP contribution is 2.27. The molecule has 2 atom stereocenters. The first-order valence-electron chi connectivity index (χ1n) is 9.95. The third-order valence-electron chi connectivity index (χ3n) is 5.86. The maximum atomic E-state index is 12.5. The number of likely N-dealkylation sites (tertiary alicyclic amines) is 1. The lowest BCUT2D eigenvalue weighted by Gasteiger charge is -2.21. The van der Waals surface area contributed by atoms with Crippen molar-refractivity contribution in [1.29, 1.82) is 0 Å². The van der Waals surface area contributed by atoms with E-state index in [9.17, 15) is 13.2 Å². The first-order valence-corrected chi connectivity index (χ1v) is 11.4. The van der Waals surface area contributed by atoms with Crippen molar-refractivity contribution in [3.05, 3.63) is 29.8 Å². The summed E-state index contributed by atoms with van der Waals surface area (Å²) in [5, 5.41) is 3.43. The van der Waals surface area contributed by atoms with Crippen LogP contribution in [0, 0.1) is 11.8 Å². The van der Waals surface area contributed by atoms with Crippen LogP contribution in [0.5, 0.6) is 0 Å². The molecule has 2 aliphatic heterocycles. The molecular formula is C20H31N3O3S. The van der Waals surface area contributed by atoms with Crippen LogP contribution in [0.1, 0.15) is 44.6 Å². The zero-order valence-electron chi connectivity index (χ0n) is 16.3. The van der Waals surface area contributed by atoms with Crippen LogP contribution < -0.4 is 10.0 Å². The molecule has 0 unspecified atom stereocenters. The molecule has 0 bridgehead atoms. The summed E-state index contributed by atoms with van der Waals surface area (Å²) in [6, 6.07) is 6.93. The van der Waals surface area contributed by atoms with Gasteiger partial charge in [-0.25, -0.2) is 13.1 Å². The Kier molecular flexibility index (Phi) is 6.55. The van der Waals surface area contributed by atoms with Crippen LogP contribution in [-0.2, 0) is 14.8 Å². The molecule has 2 fully saturated rings. The van der Waals surface area contributed by atoms with Gasteiger partial charge in [-0.05, 0) is 61.4 Å². The first kappa shape index (κ1) is 20.3. The van der Waals surface area contributed by atoms with Gasteiger partial charge in [-0.15, -0.1) is 0 Å². The van der Waals surface area contributed by atoms with Crippen molar-refractivity contribution in [3.63, 3.8) is 0 Å². The molecule has 0 aliphatic carbocycles. The van der Waals surface area contributed by atoms with Crippen molar-refractivity contribution in [2.45, 2.75) is 43.9 Å². The van der Waals surface area contributed by atoms with E-state index in [0.29, 0.717) is 17.8 Å². The van der Waals surface area contributed by atoms with Gasteiger partial charge in [0, 0.05) is 26.1 Å². The average Bonchev–Trinajstić information content (AvgIpc) is 2.99. The van der Waals surface area contributed by atoms with Gasteiger partial charge in [-0.3, -0.25) is 4.79 Å². The lowest BCUT2D eigenvalue weighted by atomic mass is 9.92. The monoisotopic (exact) mass is 393 g/mol. The second kappa shape index (κ2) is 8.71. The number of benzene rings is 1. The van der Waals surface area contributed by atoms with Crippen molar-refractivity contribution in [3.8, 4) is 0 Å². The fourth-order valence-corrected chi connectivity index (χ4v) is 5.07. The number of carbonyl (C=O) groups excluding carboxylic acids is 1. The number of carbonyl (C=O) groups is 1. The van der Waals surface area contributed by atoms with Crippen molar-refractivity contribution in [2.24, 2.45) is 11.8 Å². The average molecular weight is 394 g/mol. The third-order valence-corrected chi connectivity index (χ3v) is 7.34. The molecule has 0 saturated carbocycles. The van der Waals surface area contributed by atoms with Crippen molar-refractivity contribution in [1.82, 2.24) is 14.9 Å². The molecule has 1 amide bonds. The van der Waals surface area contributed by atoms with E-state index in [1.165, 1.54) is 0 Å². The van der Waals surface area contributed by atoms with Crippen LogP contribution in [0.4, 0.5) is 0 Å². The molecular weight excluding hydrogens is 362 g/mol. The molecule has 150 valence electrons. The molecule has 1 aromatic rings. The van der Waals surface area contributed by atoms with E-state index in [1.54, 1.807) is 12.1 Å². The Hall–Kier alpha value is -1.44. The predicted octanol–water partition coefficient (Wildman–Crippen LogP) is 1.94. The van der Waals surface area contributed by atoms with Crippen LogP contribution in [0.15, 0.2) is 29.2 Å². The van der Waals surface area contributed by atoms with E-state index in [2.05, 4.69) is 23.9 Å². The lowest BCUT2D eigenvalue weighted by Crippen LogP contribution is -2.35. The van der Waals surface area contributed by atoms with Gasteiger partial charge < -0.3 is 10.2 Å². The molecule has 0 radical (unpaired) electrons. The molecule has 3 rings (SSSR count). The van der Waals surface area contributed by atoms with Gasteiger partial charge in [0.15, 0.2) is 0 Å². The molecule has 27 heavy (non-hydrogen) atoms. The number of fused-ring (bicyclic) bond motifs is 1. The number of sulfonamides is 1. The molecule has 6 nitrogen and oxygen atoms in total. The van der Waals surface area contributed by atoms with Crippen LogP contribution in [0.25, 0.3) is 0 Å². The van der Waals surface area contributed by atoms with Crippen LogP contribution >= 0.6 is 0 Å². The van der Waals surface area contributed by atoms with Gasteiger partial charge in [-0.1, -0.05) is 26.0 Å². The van der Waals surface area contributed by atoms with E-state index in [0.717, 1.165) is 44.6 Å². The van der Waals surface area contributed by atoms with Gasteiger partial charge in [0.1, 0.15) is 0 Å². The molecule has 1 aromatic carbocycles. The van der Waals surface area contributed by atoms with Gasteiger partial charge >= 0.3 is 0 Å². The van der Waals surface area contributed by atoms with Crippen molar-refractivity contribution >= 4 is 15.9 Å². The first-order chi connectivity index (χ1) is 12.9. The number of amides is 1. The SMILES string of the molecule is CC(C)c1ccc(S(=O)(=O)NCCC(=O)N2CC[C@@H]3CNC[C@@H]3CC2)cc1. The molecule has 2 heterocycles. The summed E-state index contributed by atoms with van der Waals surface area (Å²) in [4.78, 5) is 14.6. The summed E-state index contributed by atoms with van der Waals surface area (Å²) in [7, 11) is -3.58. The molecule has 0 spiro atoms. The summed E-state index contributed by atoms with van der Waals surface area (Å²) >= 11 is 0. The van der Waals surface area contributed by atoms with Crippen LogP contribution in [0.2, 0.25) is 0 Å². The van der Waals surface area contributed by atoms with E-state index in [-0.39, 0.29) is 23.8 Å². The summed E-state index contributed by atoms with van der Waals surface area (Å²) < 4.78 is 27.4. The van der Waals surface area contributed by atoms with E-state index < -0.39 is 10.0 Å². The minimum absolute atomic E-state index is 0.0424. The summed E-state index contributed by atoms with van der Waals surface area (Å²) in [5.74, 6) is 1.75. The van der Waals surface area contributed by atoms with Gasteiger partial charge in [0.2, 0.25) is 15.9 Å². The topological polar surface area (TPSA) is 78.5 Å². The Bertz CT molecular complexity index is 732. The Morgan fingerprint density at radius 3 is 2.30 bits per heavy atom. The Morgan fingerprint density at radius 1 is 1.15 bits per heavy atom. The minimum atomic E-state index is -3.58. The van der Waals surface area contributed by atoms with Crippen LogP contribution in [0.3, 0.4) is 0 Å². The number of rotatable bonds is 6. The molecule has 0 aromatic heterocycles. The normalized spacial score (nSPS) is 23.3. The summed E-state index contributed by atoms with van der Waals surface area (Å²) in [6.07, 6.45) is 2.28. The lowest BCUT2D eigenvalue weighted by molar-refractivity contribution is -0.131.